The summed E-state index contributed by atoms with van der Waals surface area (Å²) in [5, 5.41) is 11.8. The monoisotopic (exact) mass is 288 g/mol. The summed E-state index contributed by atoms with van der Waals surface area (Å²) in [5.74, 6) is -0.747. The lowest BCUT2D eigenvalue weighted by molar-refractivity contribution is -0.117. The van der Waals surface area contributed by atoms with Crippen molar-refractivity contribution in [1.82, 2.24) is 5.32 Å². The first kappa shape index (κ1) is 15.2. The molecule has 0 saturated carbocycles. The van der Waals surface area contributed by atoms with Gasteiger partial charge in [-0.25, -0.2) is 4.39 Å². The number of aryl methyl sites for hydroxylation is 1. The minimum absolute atomic E-state index is 0.000921. The van der Waals surface area contributed by atoms with Crippen molar-refractivity contribution in [2.24, 2.45) is 0 Å². The van der Waals surface area contributed by atoms with Gasteiger partial charge in [-0.15, -0.1) is 0 Å². The molecule has 21 heavy (non-hydrogen) atoms. The highest BCUT2D eigenvalue weighted by atomic mass is 19.1. The molecule has 1 aromatic rings. The highest BCUT2D eigenvalue weighted by Crippen LogP contribution is 2.13. The van der Waals surface area contributed by atoms with Crippen LogP contribution in [0.25, 0.3) is 6.08 Å². The molecule has 1 atom stereocenters. The molecule has 4 nitrogen and oxygen atoms in total. The van der Waals surface area contributed by atoms with Crippen LogP contribution in [0.4, 0.5) is 4.39 Å². The van der Waals surface area contributed by atoms with Crippen LogP contribution in [-0.4, -0.2) is 25.2 Å². The standard InChI is InChI=1S/C16H17FN2O2/c1-11-7-12(4-5-15(11)17)8-13(9-18)16(20)19-10-14-3-2-6-21-14/h4-5,7-8,14H,2-3,6,10H2,1H3,(H,19,20)/b13-8-. The second-order valence-corrected chi connectivity index (χ2v) is 5.02. The van der Waals surface area contributed by atoms with Gasteiger partial charge in [-0.2, -0.15) is 5.26 Å². The Balaban J connectivity index is 2.03. The average Bonchev–Trinajstić information content (AvgIpc) is 2.99. The van der Waals surface area contributed by atoms with Crippen LogP contribution in [0.3, 0.4) is 0 Å². The second-order valence-electron chi connectivity index (χ2n) is 5.02. The Labute approximate surface area is 123 Å². The number of carbonyl (C=O) groups is 1. The molecule has 110 valence electrons. The van der Waals surface area contributed by atoms with Gasteiger partial charge in [-0.3, -0.25) is 4.79 Å². The van der Waals surface area contributed by atoms with E-state index in [-0.39, 0.29) is 17.5 Å². The lowest BCUT2D eigenvalue weighted by Gasteiger charge is -2.10. The van der Waals surface area contributed by atoms with E-state index >= 15 is 0 Å². The molecule has 1 aliphatic rings. The number of nitrogens with one attached hydrogen (secondary N) is 1. The molecule has 2 rings (SSSR count). The zero-order chi connectivity index (χ0) is 15.2. The fourth-order valence-corrected chi connectivity index (χ4v) is 2.18. The Morgan fingerprint density at radius 3 is 3.05 bits per heavy atom. The lowest BCUT2D eigenvalue weighted by atomic mass is 10.1. The third-order valence-electron chi connectivity index (χ3n) is 3.37. The first-order valence-electron chi connectivity index (χ1n) is 6.88. The van der Waals surface area contributed by atoms with Crippen LogP contribution < -0.4 is 5.32 Å². The van der Waals surface area contributed by atoms with Gasteiger partial charge in [-0.05, 0) is 49.1 Å². The third-order valence-corrected chi connectivity index (χ3v) is 3.37. The lowest BCUT2D eigenvalue weighted by Crippen LogP contribution is -2.32. The van der Waals surface area contributed by atoms with Crippen molar-refractivity contribution in [2.45, 2.75) is 25.9 Å². The van der Waals surface area contributed by atoms with E-state index in [0.717, 1.165) is 19.4 Å². The molecule has 5 heteroatoms. The molecule has 0 aromatic heterocycles. The topological polar surface area (TPSA) is 62.1 Å². The minimum Gasteiger partial charge on any atom is -0.376 e. The van der Waals surface area contributed by atoms with Crippen LogP contribution in [0.5, 0.6) is 0 Å². The molecule has 0 spiro atoms. The zero-order valence-electron chi connectivity index (χ0n) is 11.9. The third kappa shape index (κ3) is 4.14. The summed E-state index contributed by atoms with van der Waals surface area (Å²) in [5.41, 5.74) is 1.09. The summed E-state index contributed by atoms with van der Waals surface area (Å²) < 4.78 is 18.6. The highest BCUT2D eigenvalue weighted by Gasteiger charge is 2.17. The van der Waals surface area contributed by atoms with Gasteiger partial charge in [0.1, 0.15) is 17.5 Å². The predicted molar refractivity (Wildman–Crippen MR) is 76.7 cm³/mol. The smallest absolute Gasteiger partial charge is 0.262 e. The van der Waals surface area contributed by atoms with E-state index in [4.69, 9.17) is 10.00 Å². The maximum Gasteiger partial charge on any atom is 0.262 e. The van der Waals surface area contributed by atoms with Gasteiger partial charge in [0.25, 0.3) is 5.91 Å². The quantitative estimate of drug-likeness (QED) is 0.683. The molecule has 1 saturated heterocycles. The number of nitrogens with zero attached hydrogens (tertiary/aromatic N) is 1. The van der Waals surface area contributed by atoms with Gasteiger partial charge in [0.15, 0.2) is 0 Å². The van der Waals surface area contributed by atoms with Gasteiger partial charge in [-0.1, -0.05) is 6.07 Å². The van der Waals surface area contributed by atoms with Crippen molar-refractivity contribution in [3.8, 4) is 6.07 Å². The molecule has 0 bridgehead atoms. The Morgan fingerprint density at radius 2 is 2.43 bits per heavy atom. The van der Waals surface area contributed by atoms with Crippen molar-refractivity contribution >= 4 is 12.0 Å². The second kappa shape index (κ2) is 7.00. The number of ether oxygens (including phenoxy) is 1. The normalized spacial score (nSPS) is 18.3. The summed E-state index contributed by atoms with van der Waals surface area (Å²) in [6.07, 6.45) is 3.40. The minimum atomic E-state index is -0.435. The van der Waals surface area contributed by atoms with Crippen molar-refractivity contribution in [3.63, 3.8) is 0 Å². The first-order chi connectivity index (χ1) is 10.1. The molecule has 0 aliphatic carbocycles. The summed E-state index contributed by atoms with van der Waals surface area (Å²) in [6.45, 7) is 2.76. The molecule has 1 aliphatic heterocycles. The van der Waals surface area contributed by atoms with Crippen LogP contribution in [0.1, 0.15) is 24.0 Å². The molecule has 1 aromatic carbocycles. The van der Waals surface area contributed by atoms with E-state index in [1.807, 2.05) is 6.07 Å². The van der Waals surface area contributed by atoms with Crippen molar-refractivity contribution < 1.29 is 13.9 Å². The van der Waals surface area contributed by atoms with E-state index in [1.54, 1.807) is 13.0 Å². The highest BCUT2D eigenvalue weighted by molar-refractivity contribution is 6.01. The molecular weight excluding hydrogens is 271 g/mol. The largest absolute Gasteiger partial charge is 0.376 e. The van der Waals surface area contributed by atoms with E-state index < -0.39 is 5.91 Å². The number of hydrogen-bond acceptors (Lipinski definition) is 3. The van der Waals surface area contributed by atoms with Crippen LogP contribution in [0.15, 0.2) is 23.8 Å². The Bertz CT molecular complexity index is 599. The van der Waals surface area contributed by atoms with E-state index in [0.29, 0.717) is 17.7 Å². The summed E-state index contributed by atoms with van der Waals surface area (Å²) in [4.78, 5) is 12.0. The maximum atomic E-state index is 13.2. The molecule has 0 radical (unpaired) electrons. The maximum absolute atomic E-state index is 13.2. The number of amides is 1. The Hall–Kier alpha value is -2.19. The SMILES string of the molecule is Cc1cc(/C=C(/C#N)C(=O)NCC2CCCO2)ccc1F. The average molecular weight is 288 g/mol. The number of nitriles is 1. The van der Waals surface area contributed by atoms with E-state index in [2.05, 4.69) is 5.32 Å². The number of benzene rings is 1. The van der Waals surface area contributed by atoms with Gasteiger partial charge >= 0.3 is 0 Å². The summed E-state index contributed by atoms with van der Waals surface area (Å²) in [7, 11) is 0. The molecule has 1 N–H and O–H groups in total. The first-order valence-corrected chi connectivity index (χ1v) is 6.88. The molecule has 1 fully saturated rings. The molecular formula is C16H17FN2O2. The van der Waals surface area contributed by atoms with Crippen LogP contribution in [0, 0.1) is 24.1 Å². The molecule has 1 unspecified atom stereocenters. The van der Waals surface area contributed by atoms with Crippen molar-refractivity contribution in [1.29, 1.82) is 5.26 Å². The molecule has 1 heterocycles. The summed E-state index contributed by atoms with van der Waals surface area (Å²) in [6, 6.07) is 6.33. The number of rotatable bonds is 4. The number of halogens is 1. The predicted octanol–water partition coefficient (Wildman–Crippen LogP) is 2.34. The fourth-order valence-electron chi connectivity index (χ4n) is 2.18. The Morgan fingerprint density at radius 1 is 1.62 bits per heavy atom. The van der Waals surface area contributed by atoms with Gasteiger partial charge < -0.3 is 10.1 Å². The van der Waals surface area contributed by atoms with E-state index in [1.165, 1.54) is 18.2 Å². The molecule has 1 amide bonds. The Kier molecular flexibility index (Phi) is 5.07. The van der Waals surface area contributed by atoms with Crippen molar-refractivity contribution in [2.75, 3.05) is 13.2 Å². The number of hydrogen-bond donors (Lipinski definition) is 1. The zero-order valence-corrected chi connectivity index (χ0v) is 11.9. The van der Waals surface area contributed by atoms with Gasteiger partial charge in [0.2, 0.25) is 0 Å². The summed E-state index contributed by atoms with van der Waals surface area (Å²) >= 11 is 0. The van der Waals surface area contributed by atoms with Crippen LogP contribution >= 0.6 is 0 Å². The van der Waals surface area contributed by atoms with Crippen LogP contribution in [-0.2, 0) is 9.53 Å². The van der Waals surface area contributed by atoms with Gasteiger partial charge in [0.05, 0.1) is 6.10 Å². The number of carbonyl (C=O) groups excluding carboxylic acids is 1. The fraction of sp³-hybridized carbons (Fsp3) is 0.375. The van der Waals surface area contributed by atoms with Crippen LogP contribution in [0.2, 0.25) is 0 Å². The van der Waals surface area contributed by atoms with Gasteiger partial charge in [0, 0.05) is 13.2 Å². The van der Waals surface area contributed by atoms with E-state index in [9.17, 15) is 9.18 Å². The van der Waals surface area contributed by atoms with Crippen molar-refractivity contribution in [3.05, 3.63) is 40.7 Å².